The van der Waals surface area contributed by atoms with E-state index in [4.69, 9.17) is 14.2 Å². The second-order valence-corrected chi connectivity index (χ2v) is 4.13. The van der Waals surface area contributed by atoms with Crippen molar-refractivity contribution in [3.05, 3.63) is 48.0 Å². The average Bonchev–Trinajstić information content (AvgIpc) is 2.47. The number of ether oxygens (including phenoxy) is 3. The first kappa shape index (κ1) is 13.4. The van der Waals surface area contributed by atoms with Crippen LogP contribution in [-0.4, -0.2) is 21.3 Å². The lowest BCUT2D eigenvalue weighted by Crippen LogP contribution is -1.97. The first-order valence-corrected chi connectivity index (χ1v) is 6.10. The molecular formula is C16H18O3. The van der Waals surface area contributed by atoms with Crippen molar-refractivity contribution in [1.29, 1.82) is 0 Å². The zero-order valence-corrected chi connectivity index (χ0v) is 11.5. The van der Waals surface area contributed by atoms with Crippen molar-refractivity contribution < 1.29 is 14.2 Å². The minimum atomic E-state index is 0.532. The van der Waals surface area contributed by atoms with Crippen molar-refractivity contribution in [1.82, 2.24) is 0 Å². The Bertz CT molecular complexity index is 549. The van der Waals surface area contributed by atoms with Gasteiger partial charge >= 0.3 is 0 Å². The molecule has 0 aromatic heterocycles. The number of methoxy groups -OCH3 is 3. The Morgan fingerprint density at radius 3 is 2.16 bits per heavy atom. The van der Waals surface area contributed by atoms with E-state index in [0.717, 1.165) is 28.2 Å². The van der Waals surface area contributed by atoms with Crippen LogP contribution in [0.25, 0.3) is 11.1 Å². The van der Waals surface area contributed by atoms with Crippen molar-refractivity contribution in [3.63, 3.8) is 0 Å². The van der Waals surface area contributed by atoms with E-state index < -0.39 is 0 Å². The maximum atomic E-state index is 5.48. The minimum Gasteiger partial charge on any atom is -0.496 e. The van der Waals surface area contributed by atoms with Crippen LogP contribution in [0.1, 0.15) is 5.56 Å². The highest BCUT2D eigenvalue weighted by Gasteiger charge is 2.14. The predicted molar refractivity (Wildman–Crippen MR) is 75.7 cm³/mol. The SMILES string of the molecule is COCc1cccc(OC)c1-c1ccccc1OC. The zero-order valence-electron chi connectivity index (χ0n) is 11.5. The average molecular weight is 258 g/mol. The van der Waals surface area contributed by atoms with Crippen molar-refractivity contribution in [2.45, 2.75) is 6.61 Å². The van der Waals surface area contributed by atoms with Gasteiger partial charge in [-0.15, -0.1) is 0 Å². The highest BCUT2D eigenvalue weighted by molar-refractivity contribution is 5.78. The van der Waals surface area contributed by atoms with E-state index in [2.05, 4.69) is 0 Å². The standard InChI is InChI=1S/C16H18O3/c1-17-11-12-7-6-10-15(19-3)16(12)13-8-4-5-9-14(13)18-2/h4-10H,11H2,1-3H3. The van der Waals surface area contributed by atoms with Crippen molar-refractivity contribution in [2.75, 3.05) is 21.3 Å². The van der Waals surface area contributed by atoms with E-state index in [1.54, 1.807) is 21.3 Å². The zero-order chi connectivity index (χ0) is 13.7. The quantitative estimate of drug-likeness (QED) is 0.821. The molecule has 0 bridgehead atoms. The summed E-state index contributed by atoms with van der Waals surface area (Å²) in [6, 6.07) is 13.9. The number of para-hydroxylation sites is 1. The van der Waals surface area contributed by atoms with E-state index in [1.165, 1.54) is 0 Å². The third-order valence-corrected chi connectivity index (χ3v) is 3.01. The van der Waals surface area contributed by atoms with Crippen LogP contribution in [0.4, 0.5) is 0 Å². The molecule has 0 amide bonds. The fraction of sp³-hybridized carbons (Fsp3) is 0.250. The lowest BCUT2D eigenvalue weighted by molar-refractivity contribution is 0.185. The van der Waals surface area contributed by atoms with Crippen molar-refractivity contribution in [3.8, 4) is 22.6 Å². The Morgan fingerprint density at radius 1 is 0.789 bits per heavy atom. The van der Waals surface area contributed by atoms with Crippen LogP contribution >= 0.6 is 0 Å². The maximum Gasteiger partial charge on any atom is 0.127 e. The van der Waals surface area contributed by atoms with Crippen LogP contribution in [-0.2, 0) is 11.3 Å². The molecule has 0 saturated carbocycles. The molecule has 2 aromatic rings. The molecule has 0 fully saturated rings. The third kappa shape index (κ3) is 2.71. The fourth-order valence-corrected chi connectivity index (χ4v) is 2.18. The Hall–Kier alpha value is -2.00. The lowest BCUT2D eigenvalue weighted by Gasteiger charge is -2.16. The first-order valence-electron chi connectivity index (χ1n) is 6.10. The van der Waals surface area contributed by atoms with Gasteiger partial charge in [-0.3, -0.25) is 0 Å². The van der Waals surface area contributed by atoms with Gasteiger partial charge in [-0.2, -0.15) is 0 Å². The van der Waals surface area contributed by atoms with Crippen LogP contribution in [0.3, 0.4) is 0 Å². The topological polar surface area (TPSA) is 27.7 Å². The summed E-state index contributed by atoms with van der Waals surface area (Å²) in [6.45, 7) is 0.532. The molecule has 0 aliphatic heterocycles. The van der Waals surface area contributed by atoms with Crippen molar-refractivity contribution in [2.24, 2.45) is 0 Å². The molecule has 0 aliphatic carbocycles. The van der Waals surface area contributed by atoms with Crippen LogP contribution in [0, 0.1) is 0 Å². The van der Waals surface area contributed by atoms with E-state index in [-0.39, 0.29) is 0 Å². The summed E-state index contributed by atoms with van der Waals surface area (Å²) in [5, 5.41) is 0. The normalized spacial score (nSPS) is 10.3. The molecule has 19 heavy (non-hydrogen) atoms. The van der Waals surface area contributed by atoms with Gasteiger partial charge in [-0.25, -0.2) is 0 Å². The second kappa shape index (κ2) is 6.25. The van der Waals surface area contributed by atoms with Crippen LogP contribution < -0.4 is 9.47 Å². The second-order valence-electron chi connectivity index (χ2n) is 4.13. The fourth-order valence-electron chi connectivity index (χ4n) is 2.18. The van der Waals surface area contributed by atoms with Gasteiger partial charge in [0.25, 0.3) is 0 Å². The molecule has 0 aliphatic rings. The Morgan fingerprint density at radius 2 is 1.47 bits per heavy atom. The number of benzene rings is 2. The summed E-state index contributed by atoms with van der Waals surface area (Å²) < 4.78 is 16.2. The van der Waals surface area contributed by atoms with Gasteiger partial charge in [-0.1, -0.05) is 30.3 Å². The van der Waals surface area contributed by atoms with Gasteiger partial charge in [0, 0.05) is 18.2 Å². The van der Waals surface area contributed by atoms with E-state index in [0.29, 0.717) is 6.61 Å². The molecule has 0 saturated heterocycles. The van der Waals surface area contributed by atoms with Crippen LogP contribution in [0.5, 0.6) is 11.5 Å². The van der Waals surface area contributed by atoms with Crippen molar-refractivity contribution >= 4 is 0 Å². The molecule has 0 spiro atoms. The minimum absolute atomic E-state index is 0.532. The summed E-state index contributed by atoms with van der Waals surface area (Å²) in [4.78, 5) is 0. The summed E-state index contributed by atoms with van der Waals surface area (Å²) in [5.74, 6) is 1.64. The Balaban J connectivity index is 2.64. The predicted octanol–water partition coefficient (Wildman–Crippen LogP) is 3.52. The van der Waals surface area contributed by atoms with Crippen LogP contribution in [0.2, 0.25) is 0 Å². The summed E-state index contributed by atoms with van der Waals surface area (Å²) in [7, 11) is 5.03. The highest BCUT2D eigenvalue weighted by Crippen LogP contribution is 2.38. The maximum absolute atomic E-state index is 5.48. The van der Waals surface area contributed by atoms with E-state index in [9.17, 15) is 0 Å². The smallest absolute Gasteiger partial charge is 0.127 e. The molecule has 100 valence electrons. The van der Waals surface area contributed by atoms with Gasteiger partial charge in [0.15, 0.2) is 0 Å². The van der Waals surface area contributed by atoms with Gasteiger partial charge in [-0.05, 0) is 17.7 Å². The van der Waals surface area contributed by atoms with E-state index >= 15 is 0 Å². The van der Waals surface area contributed by atoms with Gasteiger partial charge in [0.1, 0.15) is 11.5 Å². The molecule has 0 atom stereocenters. The summed E-state index contributed by atoms with van der Waals surface area (Å²) >= 11 is 0. The molecule has 0 heterocycles. The molecule has 0 unspecified atom stereocenters. The highest BCUT2D eigenvalue weighted by atomic mass is 16.5. The van der Waals surface area contributed by atoms with Gasteiger partial charge in [0.05, 0.1) is 20.8 Å². The van der Waals surface area contributed by atoms with Gasteiger partial charge in [0.2, 0.25) is 0 Å². The first-order chi connectivity index (χ1) is 9.31. The Kier molecular flexibility index (Phi) is 4.42. The molecular weight excluding hydrogens is 240 g/mol. The third-order valence-electron chi connectivity index (χ3n) is 3.01. The van der Waals surface area contributed by atoms with Gasteiger partial charge < -0.3 is 14.2 Å². The number of rotatable bonds is 5. The monoisotopic (exact) mass is 258 g/mol. The van der Waals surface area contributed by atoms with Crippen LogP contribution in [0.15, 0.2) is 42.5 Å². The largest absolute Gasteiger partial charge is 0.496 e. The summed E-state index contributed by atoms with van der Waals surface area (Å²) in [6.07, 6.45) is 0. The number of hydrogen-bond acceptors (Lipinski definition) is 3. The Labute approximate surface area is 113 Å². The number of hydrogen-bond donors (Lipinski definition) is 0. The lowest BCUT2D eigenvalue weighted by atomic mass is 9.98. The summed E-state index contributed by atoms with van der Waals surface area (Å²) in [5.41, 5.74) is 3.10. The molecule has 2 aromatic carbocycles. The van der Waals surface area contributed by atoms with E-state index in [1.807, 2.05) is 42.5 Å². The molecule has 3 heteroatoms. The molecule has 0 N–H and O–H groups in total. The molecule has 0 radical (unpaired) electrons. The molecule has 3 nitrogen and oxygen atoms in total. The molecule has 2 rings (SSSR count).